The van der Waals surface area contributed by atoms with Gasteiger partial charge in [0.2, 0.25) is 0 Å². The first kappa shape index (κ1) is 25.2. The molecule has 0 aliphatic carbocycles. The summed E-state index contributed by atoms with van der Waals surface area (Å²) in [6, 6.07) is 13.2. The first-order valence-corrected chi connectivity index (χ1v) is 11.6. The van der Waals surface area contributed by atoms with Crippen molar-refractivity contribution >= 4 is 23.0 Å². The Morgan fingerprint density at radius 2 is 1.68 bits per heavy atom. The third kappa shape index (κ3) is 5.94. The first-order valence-electron chi connectivity index (χ1n) is 11.6. The van der Waals surface area contributed by atoms with Crippen LogP contribution in [0.2, 0.25) is 0 Å². The van der Waals surface area contributed by atoms with Gasteiger partial charge in [0.25, 0.3) is 6.01 Å². The van der Waals surface area contributed by atoms with Gasteiger partial charge in [0.15, 0.2) is 0 Å². The number of imidazole rings is 1. The van der Waals surface area contributed by atoms with E-state index in [1.54, 1.807) is 24.3 Å². The third-order valence-corrected chi connectivity index (χ3v) is 5.67. The fraction of sp³-hybridized carbons (Fsp3) is 0.423. The van der Waals surface area contributed by atoms with E-state index < -0.39 is 5.97 Å². The lowest BCUT2D eigenvalue weighted by Crippen LogP contribution is -2.39. The van der Waals surface area contributed by atoms with Crippen LogP contribution in [0.3, 0.4) is 0 Å². The number of hydrogen-bond donors (Lipinski definition) is 1. The maximum Gasteiger partial charge on any atom is 0.338 e. The molecule has 0 spiro atoms. The molecular formula is C26H33N3O5. The van der Waals surface area contributed by atoms with Gasteiger partial charge in [-0.15, -0.1) is 0 Å². The number of carbonyl (C=O) groups is 2. The maximum atomic E-state index is 12.5. The lowest BCUT2D eigenvalue weighted by molar-refractivity contribution is 0.0417. The molecule has 3 rings (SSSR count). The Balaban J connectivity index is 1.73. The van der Waals surface area contributed by atoms with Crippen molar-refractivity contribution in [2.24, 2.45) is 0 Å². The zero-order chi connectivity index (χ0) is 24.8. The van der Waals surface area contributed by atoms with Crippen molar-refractivity contribution in [2.45, 2.75) is 53.2 Å². The van der Waals surface area contributed by atoms with E-state index in [2.05, 4.69) is 37.6 Å². The second kappa shape index (κ2) is 11.2. The summed E-state index contributed by atoms with van der Waals surface area (Å²) in [6.07, 6.45) is 0. The number of carboxylic acids is 1. The largest absolute Gasteiger partial charge is 0.478 e. The van der Waals surface area contributed by atoms with Crippen LogP contribution in [0.5, 0.6) is 6.01 Å². The van der Waals surface area contributed by atoms with Gasteiger partial charge >= 0.3 is 11.9 Å². The van der Waals surface area contributed by atoms with E-state index in [1.165, 1.54) is 6.07 Å². The van der Waals surface area contributed by atoms with Crippen molar-refractivity contribution in [1.82, 2.24) is 14.5 Å². The van der Waals surface area contributed by atoms with E-state index in [4.69, 9.17) is 9.47 Å². The number of hydrogen-bond acceptors (Lipinski definition) is 6. The van der Waals surface area contributed by atoms with E-state index in [-0.39, 0.29) is 11.5 Å². The minimum Gasteiger partial charge on any atom is -0.478 e. The smallest absolute Gasteiger partial charge is 0.338 e. The van der Waals surface area contributed by atoms with Crippen LogP contribution in [0.4, 0.5) is 0 Å². The van der Waals surface area contributed by atoms with Crippen LogP contribution in [0.1, 0.15) is 60.9 Å². The predicted octanol–water partition coefficient (Wildman–Crippen LogP) is 4.46. The fourth-order valence-electron chi connectivity index (χ4n) is 3.99. The standard InChI is InChI=1S/C26H33N3O5/c1-6-33-26-27-22-12-11-21(24(30)31)15-23(22)29(26)16-19-7-9-20(10-8-19)25(32)34-14-13-28(17(2)3)18(4)5/h7-12,15,17-18H,6,13-14,16H2,1-5H3,(H,30,31). The molecule has 8 heteroatoms. The highest BCUT2D eigenvalue weighted by molar-refractivity contribution is 5.92. The van der Waals surface area contributed by atoms with Crippen LogP contribution in [0.15, 0.2) is 42.5 Å². The molecule has 0 fully saturated rings. The second-order valence-corrected chi connectivity index (χ2v) is 8.68. The number of aromatic nitrogens is 2. The summed E-state index contributed by atoms with van der Waals surface area (Å²) >= 11 is 0. The number of esters is 1. The van der Waals surface area contributed by atoms with Crippen LogP contribution in [0, 0.1) is 0 Å². The van der Waals surface area contributed by atoms with Crippen molar-refractivity contribution < 1.29 is 24.2 Å². The molecule has 8 nitrogen and oxygen atoms in total. The zero-order valence-electron chi connectivity index (χ0n) is 20.4. The Kier molecular flexibility index (Phi) is 8.28. The molecule has 1 aromatic heterocycles. The van der Waals surface area contributed by atoms with Crippen LogP contribution < -0.4 is 4.74 Å². The molecule has 0 atom stereocenters. The van der Waals surface area contributed by atoms with Gasteiger partial charge in [-0.05, 0) is 70.5 Å². The van der Waals surface area contributed by atoms with Gasteiger partial charge in [0.05, 0.1) is 35.3 Å². The number of benzene rings is 2. The lowest BCUT2D eigenvalue weighted by Gasteiger charge is -2.30. The number of fused-ring (bicyclic) bond motifs is 1. The molecule has 0 radical (unpaired) electrons. The molecule has 0 amide bonds. The number of ether oxygens (including phenoxy) is 2. The van der Waals surface area contributed by atoms with Gasteiger partial charge in [-0.3, -0.25) is 9.47 Å². The van der Waals surface area contributed by atoms with E-state index in [0.29, 0.717) is 61.0 Å². The predicted molar refractivity (Wildman–Crippen MR) is 131 cm³/mol. The Labute approximate surface area is 200 Å². The lowest BCUT2D eigenvalue weighted by atomic mass is 10.1. The summed E-state index contributed by atoms with van der Waals surface area (Å²) in [7, 11) is 0. The highest BCUT2D eigenvalue weighted by Gasteiger charge is 2.16. The molecule has 0 unspecified atom stereocenters. The number of aromatic carboxylic acids is 1. The normalized spacial score (nSPS) is 11.5. The Morgan fingerprint density at radius 1 is 1.03 bits per heavy atom. The van der Waals surface area contributed by atoms with Crippen molar-refractivity contribution in [3.8, 4) is 6.01 Å². The number of carbonyl (C=O) groups excluding carboxylic acids is 1. The summed E-state index contributed by atoms with van der Waals surface area (Å²) in [4.78, 5) is 30.7. The molecule has 0 saturated carbocycles. The highest BCUT2D eigenvalue weighted by Crippen LogP contribution is 2.24. The summed E-state index contributed by atoms with van der Waals surface area (Å²) in [6.45, 7) is 12.3. The van der Waals surface area contributed by atoms with Crippen LogP contribution >= 0.6 is 0 Å². The molecule has 0 saturated heterocycles. The molecule has 1 heterocycles. The monoisotopic (exact) mass is 467 g/mol. The molecule has 0 aliphatic heterocycles. The fourth-order valence-corrected chi connectivity index (χ4v) is 3.99. The Hall–Kier alpha value is -3.39. The number of carboxylic acid groups (broad SMARTS) is 1. The summed E-state index contributed by atoms with van der Waals surface area (Å²) in [5.41, 5.74) is 2.92. The molecule has 0 bridgehead atoms. The SMILES string of the molecule is CCOc1nc2ccc(C(=O)O)cc2n1Cc1ccc(C(=O)OCCN(C(C)C)C(C)C)cc1. The van der Waals surface area contributed by atoms with Crippen LogP contribution in [0.25, 0.3) is 11.0 Å². The van der Waals surface area contributed by atoms with Gasteiger partial charge in [0, 0.05) is 18.6 Å². The van der Waals surface area contributed by atoms with Crippen LogP contribution in [-0.4, -0.2) is 63.3 Å². The van der Waals surface area contributed by atoms with Gasteiger partial charge in [-0.1, -0.05) is 12.1 Å². The average molecular weight is 468 g/mol. The zero-order valence-corrected chi connectivity index (χ0v) is 20.4. The molecule has 2 aromatic carbocycles. The average Bonchev–Trinajstić information content (AvgIpc) is 3.13. The van der Waals surface area contributed by atoms with Gasteiger partial charge < -0.3 is 14.6 Å². The number of rotatable bonds is 11. The topological polar surface area (TPSA) is 93.9 Å². The molecular weight excluding hydrogens is 434 g/mol. The summed E-state index contributed by atoms with van der Waals surface area (Å²) < 4.78 is 13.0. The van der Waals surface area contributed by atoms with Crippen molar-refractivity contribution in [1.29, 1.82) is 0 Å². The second-order valence-electron chi connectivity index (χ2n) is 8.68. The van der Waals surface area contributed by atoms with Gasteiger partial charge in [0.1, 0.15) is 6.61 Å². The third-order valence-electron chi connectivity index (χ3n) is 5.67. The quantitative estimate of drug-likeness (QED) is 0.416. The molecule has 34 heavy (non-hydrogen) atoms. The van der Waals surface area contributed by atoms with E-state index in [0.717, 1.165) is 5.56 Å². The summed E-state index contributed by atoms with van der Waals surface area (Å²) in [5.74, 6) is -1.35. The Morgan fingerprint density at radius 3 is 2.26 bits per heavy atom. The molecule has 182 valence electrons. The van der Waals surface area contributed by atoms with E-state index >= 15 is 0 Å². The number of nitrogens with zero attached hydrogens (tertiary/aromatic N) is 3. The van der Waals surface area contributed by atoms with Crippen LogP contribution in [-0.2, 0) is 11.3 Å². The Bertz CT molecular complexity index is 1130. The first-order chi connectivity index (χ1) is 16.2. The highest BCUT2D eigenvalue weighted by atomic mass is 16.5. The van der Waals surface area contributed by atoms with Crippen molar-refractivity contribution in [3.05, 3.63) is 59.2 Å². The van der Waals surface area contributed by atoms with Gasteiger partial charge in [-0.25, -0.2) is 9.59 Å². The van der Waals surface area contributed by atoms with Gasteiger partial charge in [-0.2, -0.15) is 4.98 Å². The van der Waals surface area contributed by atoms with Crippen molar-refractivity contribution in [3.63, 3.8) is 0 Å². The molecule has 1 N–H and O–H groups in total. The van der Waals surface area contributed by atoms with E-state index in [9.17, 15) is 14.7 Å². The summed E-state index contributed by atoms with van der Waals surface area (Å²) in [5, 5.41) is 9.36. The minimum absolute atomic E-state index is 0.184. The molecule has 3 aromatic rings. The van der Waals surface area contributed by atoms with E-state index in [1.807, 2.05) is 23.6 Å². The maximum absolute atomic E-state index is 12.5. The van der Waals surface area contributed by atoms with Crippen molar-refractivity contribution in [2.75, 3.05) is 19.8 Å². The minimum atomic E-state index is -1.000. The molecule has 0 aliphatic rings.